The van der Waals surface area contributed by atoms with Gasteiger partial charge >= 0.3 is 5.97 Å². The van der Waals surface area contributed by atoms with E-state index in [1.54, 1.807) is 0 Å². The van der Waals surface area contributed by atoms with Gasteiger partial charge in [-0.25, -0.2) is 9.37 Å². The van der Waals surface area contributed by atoms with E-state index in [9.17, 15) is 14.0 Å². The molecule has 1 fully saturated rings. The number of nitrogens with zero attached hydrogens (tertiary/aromatic N) is 2. The molecule has 0 unspecified atom stereocenters. The highest BCUT2D eigenvalue weighted by molar-refractivity contribution is 8.26. The van der Waals surface area contributed by atoms with Crippen molar-refractivity contribution in [3.63, 3.8) is 0 Å². The third kappa shape index (κ3) is 4.02. The molecule has 0 spiro atoms. The Balaban J connectivity index is 2.15. The van der Waals surface area contributed by atoms with Gasteiger partial charge < -0.3 is 5.11 Å². The SMILES string of the molecule is O=C(O)CCCN1C(=O)C(=Cc2cc(F)cnc2Cl)SC1=S. The lowest BCUT2D eigenvalue weighted by Crippen LogP contribution is -2.29. The summed E-state index contributed by atoms with van der Waals surface area (Å²) in [5.74, 6) is -1.84. The van der Waals surface area contributed by atoms with E-state index in [2.05, 4.69) is 4.98 Å². The van der Waals surface area contributed by atoms with Crippen LogP contribution in [0.25, 0.3) is 6.08 Å². The molecule has 5 nitrogen and oxygen atoms in total. The Hall–Kier alpha value is -1.51. The second-order valence-corrected chi connectivity index (χ2v) is 6.40. The fourth-order valence-corrected chi connectivity index (χ4v) is 3.22. The monoisotopic (exact) mass is 360 g/mol. The Morgan fingerprint density at radius 1 is 1.59 bits per heavy atom. The standard InChI is InChI=1S/C13H10ClFN2O3S2/c14-11-7(4-8(15)6-16-11)5-9-12(20)17(13(21)22-9)3-1-2-10(18)19/h4-6H,1-3H2,(H,18,19). The molecule has 22 heavy (non-hydrogen) atoms. The molecule has 1 aromatic heterocycles. The predicted octanol–water partition coefficient (Wildman–Crippen LogP) is 2.94. The number of thiocarbonyl (C=S) groups is 1. The second-order valence-electron chi connectivity index (χ2n) is 4.36. The van der Waals surface area contributed by atoms with Crippen LogP contribution in [0.3, 0.4) is 0 Å². The highest BCUT2D eigenvalue weighted by Gasteiger charge is 2.31. The minimum Gasteiger partial charge on any atom is -0.481 e. The summed E-state index contributed by atoms with van der Waals surface area (Å²) in [5.41, 5.74) is 0.285. The number of carboxylic acids is 1. The molecular weight excluding hydrogens is 351 g/mol. The van der Waals surface area contributed by atoms with Crippen molar-refractivity contribution < 1.29 is 19.1 Å². The summed E-state index contributed by atoms with van der Waals surface area (Å²) >= 11 is 12.0. The quantitative estimate of drug-likeness (QED) is 0.494. The topological polar surface area (TPSA) is 70.5 Å². The smallest absolute Gasteiger partial charge is 0.303 e. The summed E-state index contributed by atoms with van der Waals surface area (Å²) in [7, 11) is 0. The van der Waals surface area contributed by atoms with Crippen molar-refractivity contribution in [2.24, 2.45) is 0 Å². The lowest BCUT2D eigenvalue weighted by atomic mass is 10.2. The van der Waals surface area contributed by atoms with E-state index in [1.807, 2.05) is 0 Å². The van der Waals surface area contributed by atoms with Crippen molar-refractivity contribution in [1.29, 1.82) is 0 Å². The molecular formula is C13H10ClFN2O3S2. The van der Waals surface area contributed by atoms with Gasteiger partial charge in [-0.2, -0.15) is 0 Å². The maximum absolute atomic E-state index is 13.2. The van der Waals surface area contributed by atoms with Crippen molar-refractivity contribution in [2.75, 3.05) is 6.54 Å². The Bertz CT molecular complexity index is 681. The molecule has 0 aliphatic carbocycles. The van der Waals surface area contributed by atoms with Crippen LogP contribution in [0.15, 0.2) is 17.2 Å². The van der Waals surface area contributed by atoms with Crippen molar-refractivity contribution >= 4 is 57.9 Å². The van der Waals surface area contributed by atoms with E-state index in [-0.39, 0.29) is 29.6 Å². The van der Waals surface area contributed by atoms with Gasteiger partial charge in [0.15, 0.2) is 0 Å². The minimum atomic E-state index is -0.932. The number of amides is 1. The van der Waals surface area contributed by atoms with Crippen molar-refractivity contribution in [3.05, 3.63) is 33.7 Å². The first-order valence-electron chi connectivity index (χ1n) is 6.16. The Morgan fingerprint density at radius 3 is 3.00 bits per heavy atom. The van der Waals surface area contributed by atoms with Gasteiger partial charge in [0, 0.05) is 18.5 Å². The summed E-state index contributed by atoms with van der Waals surface area (Å²) in [5, 5.41) is 8.69. The second kappa shape index (κ2) is 7.17. The van der Waals surface area contributed by atoms with Gasteiger partial charge in [-0.15, -0.1) is 0 Å². The number of hydrogen-bond donors (Lipinski definition) is 1. The zero-order valence-electron chi connectivity index (χ0n) is 11.1. The molecule has 0 radical (unpaired) electrons. The third-order valence-corrected chi connectivity index (χ3v) is 4.46. The zero-order chi connectivity index (χ0) is 16.3. The molecule has 1 amide bonds. The molecule has 0 aromatic carbocycles. The van der Waals surface area contributed by atoms with Crippen LogP contribution in [-0.4, -0.2) is 37.7 Å². The summed E-state index contributed by atoms with van der Waals surface area (Å²) in [6.07, 6.45) is 2.67. The van der Waals surface area contributed by atoms with Crippen molar-refractivity contribution in [1.82, 2.24) is 9.88 Å². The Labute approximate surface area is 140 Å². The van der Waals surface area contributed by atoms with E-state index in [0.717, 1.165) is 18.0 Å². The number of aliphatic carboxylic acids is 1. The minimum absolute atomic E-state index is 0.0459. The lowest BCUT2D eigenvalue weighted by Gasteiger charge is -2.13. The molecule has 1 saturated heterocycles. The Morgan fingerprint density at radius 2 is 2.32 bits per heavy atom. The highest BCUT2D eigenvalue weighted by Crippen LogP contribution is 2.33. The zero-order valence-corrected chi connectivity index (χ0v) is 13.5. The first-order chi connectivity index (χ1) is 10.4. The molecule has 1 aliphatic rings. The van der Waals surface area contributed by atoms with Crippen LogP contribution in [0.2, 0.25) is 5.15 Å². The van der Waals surface area contributed by atoms with Crippen molar-refractivity contribution in [2.45, 2.75) is 12.8 Å². The lowest BCUT2D eigenvalue weighted by molar-refractivity contribution is -0.137. The maximum atomic E-state index is 13.2. The van der Waals surface area contributed by atoms with Gasteiger partial charge in [0.1, 0.15) is 15.3 Å². The molecule has 0 bridgehead atoms. The van der Waals surface area contributed by atoms with Crippen LogP contribution in [0.1, 0.15) is 18.4 Å². The van der Waals surface area contributed by atoms with Crippen LogP contribution < -0.4 is 0 Å². The summed E-state index contributed by atoms with van der Waals surface area (Å²) < 4.78 is 13.5. The van der Waals surface area contributed by atoms with Crippen LogP contribution in [0, 0.1) is 5.82 Å². The van der Waals surface area contributed by atoms with Gasteiger partial charge in [0.05, 0.1) is 11.1 Å². The average molecular weight is 361 g/mol. The van der Waals surface area contributed by atoms with Gasteiger partial charge in [-0.05, 0) is 18.6 Å². The molecule has 9 heteroatoms. The number of halogens is 2. The average Bonchev–Trinajstić information content (AvgIpc) is 2.70. The predicted molar refractivity (Wildman–Crippen MR) is 86.0 cm³/mol. The number of rotatable bonds is 5. The molecule has 116 valence electrons. The fourth-order valence-electron chi connectivity index (χ4n) is 1.76. The number of carbonyl (C=O) groups excluding carboxylic acids is 1. The Kier molecular flexibility index (Phi) is 5.49. The fraction of sp³-hybridized carbons (Fsp3) is 0.231. The van der Waals surface area contributed by atoms with E-state index >= 15 is 0 Å². The summed E-state index contributed by atoms with van der Waals surface area (Å²) in [4.78, 5) is 28.0. The van der Waals surface area contributed by atoms with Crippen molar-refractivity contribution in [3.8, 4) is 0 Å². The van der Waals surface area contributed by atoms with Gasteiger partial charge in [0.25, 0.3) is 5.91 Å². The summed E-state index contributed by atoms with van der Waals surface area (Å²) in [6.45, 7) is 0.226. The molecule has 0 saturated carbocycles. The molecule has 0 atom stereocenters. The van der Waals surface area contributed by atoms with Crippen LogP contribution in [0.4, 0.5) is 4.39 Å². The first-order valence-corrected chi connectivity index (χ1v) is 7.77. The molecule has 1 N–H and O–H groups in total. The van der Waals surface area contributed by atoms with E-state index in [0.29, 0.717) is 15.6 Å². The van der Waals surface area contributed by atoms with Crippen LogP contribution in [0.5, 0.6) is 0 Å². The number of hydrogen-bond acceptors (Lipinski definition) is 5. The van der Waals surface area contributed by atoms with Gasteiger partial charge in [0.2, 0.25) is 0 Å². The van der Waals surface area contributed by atoms with E-state index in [1.165, 1.54) is 17.0 Å². The van der Waals surface area contributed by atoms with Gasteiger partial charge in [-0.1, -0.05) is 35.6 Å². The van der Waals surface area contributed by atoms with Gasteiger partial charge in [-0.3, -0.25) is 14.5 Å². The normalized spacial score (nSPS) is 16.6. The number of aromatic nitrogens is 1. The first kappa shape index (κ1) is 16.9. The third-order valence-electron chi connectivity index (χ3n) is 2.77. The molecule has 2 heterocycles. The maximum Gasteiger partial charge on any atom is 0.303 e. The summed E-state index contributed by atoms with van der Waals surface area (Å²) in [6, 6.07) is 1.17. The number of carboxylic acid groups (broad SMARTS) is 1. The highest BCUT2D eigenvalue weighted by atomic mass is 35.5. The molecule has 1 aromatic rings. The molecule has 1 aliphatic heterocycles. The number of carbonyl (C=O) groups is 2. The molecule has 2 rings (SSSR count). The van der Waals surface area contributed by atoms with E-state index in [4.69, 9.17) is 28.9 Å². The van der Waals surface area contributed by atoms with Crippen LogP contribution >= 0.6 is 35.6 Å². The van der Waals surface area contributed by atoms with Crippen LogP contribution in [-0.2, 0) is 9.59 Å². The largest absolute Gasteiger partial charge is 0.481 e. The van der Waals surface area contributed by atoms with E-state index < -0.39 is 11.8 Å². The number of pyridine rings is 1. The number of thioether (sulfide) groups is 1.